The summed E-state index contributed by atoms with van der Waals surface area (Å²) < 4.78 is 12.7. The van der Waals surface area contributed by atoms with E-state index in [2.05, 4.69) is 5.32 Å². The second-order valence-electron chi connectivity index (χ2n) is 4.37. The van der Waals surface area contributed by atoms with Crippen molar-refractivity contribution in [3.63, 3.8) is 0 Å². The van der Waals surface area contributed by atoms with Crippen molar-refractivity contribution in [2.45, 2.75) is 6.92 Å². The third kappa shape index (κ3) is 3.45. The molecule has 0 aromatic heterocycles. The number of ketones is 1. The standard InChI is InChI=1S/C16H14FNO2/c1-11-2-7-14(16(20)10-11)18-9-8-15(19)12-3-5-13(17)6-4-12/h2-10,18,20H,1H3. The number of phenols is 1. The molecule has 2 rings (SSSR count). The number of hydrogen-bond acceptors (Lipinski definition) is 3. The minimum absolute atomic E-state index is 0.115. The van der Waals surface area contributed by atoms with Gasteiger partial charge in [-0.25, -0.2) is 4.39 Å². The van der Waals surface area contributed by atoms with Gasteiger partial charge in [0.25, 0.3) is 0 Å². The molecule has 0 spiro atoms. The zero-order valence-electron chi connectivity index (χ0n) is 10.9. The lowest BCUT2D eigenvalue weighted by Crippen LogP contribution is -1.96. The predicted molar refractivity (Wildman–Crippen MR) is 76.3 cm³/mol. The summed E-state index contributed by atoms with van der Waals surface area (Å²) in [6, 6.07) is 10.5. The number of aromatic hydroxyl groups is 1. The Balaban J connectivity index is 2.02. The van der Waals surface area contributed by atoms with Gasteiger partial charge in [-0.2, -0.15) is 0 Å². The monoisotopic (exact) mass is 271 g/mol. The van der Waals surface area contributed by atoms with E-state index in [1.807, 2.05) is 13.0 Å². The van der Waals surface area contributed by atoms with Gasteiger partial charge in [-0.1, -0.05) is 6.07 Å². The Labute approximate surface area is 116 Å². The van der Waals surface area contributed by atoms with Crippen LogP contribution in [-0.2, 0) is 0 Å². The number of halogens is 1. The second kappa shape index (κ2) is 6.02. The molecule has 0 bridgehead atoms. The molecule has 2 N–H and O–H groups in total. The molecule has 0 amide bonds. The van der Waals surface area contributed by atoms with Crippen molar-refractivity contribution >= 4 is 11.5 Å². The van der Waals surface area contributed by atoms with E-state index in [1.54, 1.807) is 12.1 Å². The van der Waals surface area contributed by atoms with Crippen LogP contribution in [0.25, 0.3) is 0 Å². The first kappa shape index (κ1) is 13.8. The molecule has 102 valence electrons. The van der Waals surface area contributed by atoms with Gasteiger partial charge in [0.2, 0.25) is 0 Å². The average Bonchev–Trinajstić information content (AvgIpc) is 2.42. The van der Waals surface area contributed by atoms with Gasteiger partial charge in [0.1, 0.15) is 11.6 Å². The van der Waals surface area contributed by atoms with Crippen LogP contribution in [0.4, 0.5) is 10.1 Å². The average molecular weight is 271 g/mol. The first-order valence-electron chi connectivity index (χ1n) is 6.09. The third-order valence-electron chi connectivity index (χ3n) is 2.76. The summed E-state index contributed by atoms with van der Waals surface area (Å²) in [5.41, 5.74) is 1.86. The Hall–Kier alpha value is -2.62. The van der Waals surface area contributed by atoms with Crippen LogP contribution in [0.3, 0.4) is 0 Å². The van der Waals surface area contributed by atoms with Crippen molar-refractivity contribution in [2.24, 2.45) is 0 Å². The lowest BCUT2D eigenvalue weighted by molar-refractivity contribution is 0.104. The van der Waals surface area contributed by atoms with Crippen molar-refractivity contribution < 1.29 is 14.3 Å². The summed E-state index contributed by atoms with van der Waals surface area (Å²) in [5, 5.41) is 12.5. The summed E-state index contributed by atoms with van der Waals surface area (Å²) >= 11 is 0. The molecule has 2 aromatic carbocycles. The van der Waals surface area contributed by atoms with Gasteiger partial charge in [-0.05, 0) is 48.9 Å². The maximum Gasteiger partial charge on any atom is 0.187 e. The zero-order valence-corrected chi connectivity index (χ0v) is 10.9. The summed E-state index contributed by atoms with van der Waals surface area (Å²) in [6.45, 7) is 1.87. The van der Waals surface area contributed by atoms with Crippen LogP contribution in [-0.4, -0.2) is 10.9 Å². The van der Waals surface area contributed by atoms with E-state index in [0.29, 0.717) is 11.3 Å². The first-order valence-corrected chi connectivity index (χ1v) is 6.09. The predicted octanol–water partition coefficient (Wildman–Crippen LogP) is 3.65. The van der Waals surface area contributed by atoms with Gasteiger partial charge in [0.05, 0.1) is 5.69 Å². The van der Waals surface area contributed by atoms with E-state index in [4.69, 9.17) is 0 Å². The molecular formula is C16H14FNO2. The van der Waals surface area contributed by atoms with E-state index < -0.39 is 0 Å². The number of allylic oxidation sites excluding steroid dienone is 1. The molecule has 0 radical (unpaired) electrons. The van der Waals surface area contributed by atoms with Crippen molar-refractivity contribution in [3.8, 4) is 5.75 Å². The molecule has 20 heavy (non-hydrogen) atoms. The molecule has 0 saturated carbocycles. The van der Waals surface area contributed by atoms with Crippen LogP contribution in [0.2, 0.25) is 0 Å². The van der Waals surface area contributed by atoms with Crippen LogP contribution in [0.5, 0.6) is 5.75 Å². The first-order chi connectivity index (χ1) is 9.56. The fourth-order valence-corrected chi connectivity index (χ4v) is 1.68. The van der Waals surface area contributed by atoms with Gasteiger partial charge < -0.3 is 10.4 Å². The number of nitrogens with one attached hydrogen (secondary N) is 1. The maximum absolute atomic E-state index is 12.7. The molecule has 0 aliphatic rings. The number of carbonyl (C=O) groups is 1. The van der Waals surface area contributed by atoms with E-state index in [0.717, 1.165) is 5.56 Å². The Kier molecular flexibility index (Phi) is 4.15. The van der Waals surface area contributed by atoms with Crippen molar-refractivity contribution in [2.75, 3.05) is 5.32 Å². The number of rotatable bonds is 4. The van der Waals surface area contributed by atoms with E-state index in [9.17, 15) is 14.3 Å². The topological polar surface area (TPSA) is 49.3 Å². The Morgan fingerprint density at radius 3 is 2.55 bits per heavy atom. The molecule has 0 unspecified atom stereocenters. The van der Waals surface area contributed by atoms with E-state index in [-0.39, 0.29) is 17.3 Å². The normalized spacial score (nSPS) is 10.7. The molecule has 2 aromatic rings. The number of benzene rings is 2. The highest BCUT2D eigenvalue weighted by Crippen LogP contribution is 2.23. The van der Waals surface area contributed by atoms with Crippen molar-refractivity contribution in [1.82, 2.24) is 0 Å². The van der Waals surface area contributed by atoms with Crippen molar-refractivity contribution in [3.05, 3.63) is 71.7 Å². The molecule has 4 heteroatoms. The minimum atomic E-state index is -0.381. The quantitative estimate of drug-likeness (QED) is 0.507. The molecule has 0 atom stereocenters. The van der Waals surface area contributed by atoms with E-state index >= 15 is 0 Å². The fraction of sp³-hybridized carbons (Fsp3) is 0.0625. The Morgan fingerprint density at radius 1 is 1.20 bits per heavy atom. The molecule has 0 aliphatic heterocycles. The molecule has 0 aliphatic carbocycles. The van der Waals surface area contributed by atoms with Crippen LogP contribution in [0, 0.1) is 12.7 Å². The summed E-state index contributed by atoms with van der Waals surface area (Å²) in [7, 11) is 0. The summed E-state index contributed by atoms with van der Waals surface area (Å²) in [6.07, 6.45) is 2.77. The van der Waals surface area contributed by atoms with Crippen LogP contribution in [0.15, 0.2) is 54.7 Å². The number of anilines is 1. The third-order valence-corrected chi connectivity index (χ3v) is 2.76. The van der Waals surface area contributed by atoms with Gasteiger partial charge in [-0.15, -0.1) is 0 Å². The smallest absolute Gasteiger partial charge is 0.187 e. The SMILES string of the molecule is Cc1ccc(NC=CC(=O)c2ccc(F)cc2)c(O)c1. The minimum Gasteiger partial charge on any atom is -0.506 e. The highest BCUT2D eigenvalue weighted by atomic mass is 19.1. The van der Waals surface area contributed by atoms with E-state index in [1.165, 1.54) is 36.5 Å². The van der Waals surface area contributed by atoms with Crippen molar-refractivity contribution in [1.29, 1.82) is 0 Å². The highest BCUT2D eigenvalue weighted by molar-refractivity contribution is 6.04. The zero-order chi connectivity index (χ0) is 14.5. The summed E-state index contributed by atoms with van der Waals surface area (Å²) in [4.78, 5) is 11.8. The molecule has 0 fully saturated rings. The number of phenolic OH excluding ortho intramolecular Hbond substituents is 1. The van der Waals surface area contributed by atoms with Crippen LogP contribution >= 0.6 is 0 Å². The van der Waals surface area contributed by atoms with Gasteiger partial charge >= 0.3 is 0 Å². The summed E-state index contributed by atoms with van der Waals surface area (Å²) in [5.74, 6) is -0.513. The molecule has 0 heterocycles. The maximum atomic E-state index is 12.7. The number of aryl methyl sites for hydroxylation is 1. The molecule has 3 nitrogen and oxygen atoms in total. The van der Waals surface area contributed by atoms with Crippen LogP contribution < -0.4 is 5.32 Å². The molecule has 0 saturated heterocycles. The number of carbonyl (C=O) groups excluding carboxylic acids is 1. The Morgan fingerprint density at radius 2 is 1.90 bits per heavy atom. The lowest BCUT2D eigenvalue weighted by Gasteiger charge is -2.04. The number of hydrogen-bond donors (Lipinski definition) is 2. The second-order valence-corrected chi connectivity index (χ2v) is 4.37. The fourth-order valence-electron chi connectivity index (χ4n) is 1.68. The largest absolute Gasteiger partial charge is 0.506 e. The Bertz CT molecular complexity index is 648. The molecular weight excluding hydrogens is 257 g/mol. The van der Waals surface area contributed by atoms with Gasteiger partial charge in [-0.3, -0.25) is 4.79 Å². The van der Waals surface area contributed by atoms with Gasteiger partial charge in [0.15, 0.2) is 5.78 Å². The van der Waals surface area contributed by atoms with Crippen LogP contribution in [0.1, 0.15) is 15.9 Å². The van der Waals surface area contributed by atoms with Gasteiger partial charge in [0, 0.05) is 17.8 Å². The highest BCUT2D eigenvalue weighted by Gasteiger charge is 2.02. The lowest BCUT2D eigenvalue weighted by atomic mass is 10.1.